The number of benzene rings is 2. The van der Waals surface area contributed by atoms with Crippen molar-refractivity contribution >= 4 is 62.3 Å². The lowest BCUT2D eigenvalue weighted by molar-refractivity contribution is -0.136. The molecule has 6 nitrogen and oxygen atoms in total. The smallest absolute Gasteiger partial charge is 0.233 e. The molecular weight excluding hydrogens is 564 g/mol. The number of halogens is 4. The van der Waals surface area contributed by atoms with Crippen molar-refractivity contribution in [2.75, 3.05) is 39.5 Å². The maximum absolute atomic E-state index is 13.9. The van der Waals surface area contributed by atoms with Crippen molar-refractivity contribution in [2.24, 2.45) is 0 Å². The van der Waals surface area contributed by atoms with Gasteiger partial charge in [0.15, 0.2) is 0 Å². The Morgan fingerprint density at radius 1 is 1.03 bits per heavy atom. The van der Waals surface area contributed by atoms with Gasteiger partial charge in [0.1, 0.15) is 0 Å². The van der Waals surface area contributed by atoms with Gasteiger partial charge in [-0.1, -0.05) is 58.5 Å². The second-order valence-electron chi connectivity index (χ2n) is 9.64. The Morgan fingerprint density at radius 2 is 1.64 bits per heavy atom. The number of nitrogens with zero attached hydrogens (tertiary/aromatic N) is 3. The second-order valence-corrected chi connectivity index (χ2v) is 13.2. The summed E-state index contributed by atoms with van der Waals surface area (Å²) in [7, 11) is -1.50. The van der Waals surface area contributed by atoms with Crippen LogP contribution in [0.25, 0.3) is 0 Å². The number of hydrogen-bond donors (Lipinski definition) is 0. The minimum absolute atomic E-state index is 0.0743. The van der Waals surface area contributed by atoms with Crippen molar-refractivity contribution < 1.29 is 13.2 Å². The molecule has 1 heterocycles. The first-order valence-electron chi connectivity index (χ1n) is 11.6. The molecule has 0 N–H and O–H groups in total. The number of carbonyl (C=O) groups excluding carboxylic acids is 1. The van der Waals surface area contributed by atoms with E-state index < -0.39 is 15.4 Å². The summed E-state index contributed by atoms with van der Waals surface area (Å²) in [5, 5.41) is 1.70. The fourth-order valence-electron chi connectivity index (χ4n) is 4.71. The molecule has 2 aromatic carbocycles. The maximum atomic E-state index is 13.9. The Hall–Kier alpha value is -1.06. The van der Waals surface area contributed by atoms with E-state index in [2.05, 4.69) is 4.90 Å². The van der Waals surface area contributed by atoms with Crippen molar-refractivity contribution in [2.45, 2.75) is 38.3 Å². The van der Waals surface area contributed by atoms with Crippen LogP contribution >= 0.6 is 46.4 Å². The summed E-state index contributed by atoms with van der Waals surface area (Å²) in [5.41, 5.74) is 0.740. The minimum atomic E-state index is -3.25. The zero-order valence-corrected chi connectivity index (χ0v) is 24.6. The Balaban J connectivity index is 1.82. The number of rotatable bonds is 8. The molecule has 2 aromatic rings. The van der Waals surface area contributed by atoms with Crippen LogP contribution in [0.15, 0.2) is 36.4 Å². The van der Waals surface area contributed by atoms with Crippen LogP contribution in [0.5, 0.6) is 0 Å². The van der Waals surface area contributed by atoms with Gasteiger partial charge in [-0.2, -0.15) is 4.31 Å². The Bertz CT molecular complexity index is 1230. The van der Waals surface area contributed by atoms with Crippen LogP contribution in [0.3, 0.4) is 0 Å². The highest BCUT2D eigenvalue weighted by atomic mass is 35.5. The van der Waals surface area contributed by atoms with Gasteiger partial charge in [-0.3, -0.25) is 4.79 Å². The predicted octanol–water partition coefficient (Wildman–Crippen LogP) is 5.57. The molecule has 1 unspecified atom stereocenters. The van der Waals surface area contributed by atoms with Gasteiger partial charge in [0.2, 0.25) is 15.9 Å². The van der Waals surface area contributed by atoms with E-state index in [4.69, 9.17) is 46.4 Å². The van der Waals surface area contributed by atoms with Crippen LogP contribution in [0, 0.1) is 0 Å². The van der Waals surface area contributed by atoms with Crippen molar-refractivity contribution in [1.29, 1.82) is 0 Å². The van der Waals surface area contributed by atoms with E-state index in [1.165, 1.54) is 10.6 Å². The van der Waals surface area contributed by atoms with Crippen LogP contribution in [0.2, 0.25) is 20.1 Å². The molecule has 3 rings (SSSR count). The number of amides is 1. The third-order valence-electron chi connectivity index (χ3n) is 6.78. The van der Waals surface area contributed by atoms with Gasteiger partial charge in [-0.05, 0) is 62.2 Å². The van der Waals surface area contributed by atoms with Crippen LogP contribution in [0.1, 0.15) is 31.4 Å². The summed E-state index contributed by atoms with van der Waals surface area (Å²) in [6.45, 7) is 6.41. The molecule has 0 bridgehead atoms. The fourth-order valence-corrected chi connectivity index (χ4v) is 6.47. The third kappa shape index (κ3) is 6.87. The number of sulfonamides is 1. The molecule has 0 aliphatic carbocycles. The third-order valence-corrected chi connectivity index (χ3v) is 9.66. The molecule has 2 atom stereocenters. The van der Waals surface area contributed by atoms with E-state index in [1.54, 1.807) is 36.2 Å². The van der Waals surface area contributed by atoms with Crippen LogP contribution in [0.4, 0.5) is 0 Å². The van der Waals surface area contributed by atoms with E-state index in [9.17, 15) is 13.2 Å². The Labute approximate surface area is 234 Å². The average molecular weight is 595 g/mol. The highest BCUT2D eigenvalue weighted by Crippen LogP contribution is 2.35. The lowest BCUT2D eigenvalue weighted by Gasteiger charge is -2.40. The van der Waals surface area contributed by atoms with Gasteiger partial charge in [0, 0.05) is 39.3 Å². The quantitative estimate of drug-likeness (QED) is 0.401. The minimum Gasteiger partial charge on any atom is -0.341 e. The SMILES string of the molecule is C[C@H]1CN(CCC(C)(C(=O)N(C)Cc2ccc(Cl)c(Cl)c2)c2ccc(Cl)c(Cl)c2)CCN1S(C)(=O)=O. The van der Waals surface area contributed by atoms with Gasteiger partial charge in [-0.15, -0.1) is 0 Å². The van der Waals surface area contributed by atoms with Gasteiger partial charge in [-0.25, -0.2) is 8.42 Å². The summed E-state index contributed by atoms with van der Waals surface area (Å²) in [5.74, 6) is -0.0743. The van der Waals surface area contributed by atoms with Crippen molar-refractivity contribution in [3.63, 3.8) is 0 Å². The summed E-state index contributed by atoms with van der Waals surface area (Å²) >= 11 is 24.7. The monoisotopic (exact) mass is 593 g/mol. The molecule has 0 saturated carbocycles. The molecule has 36 heavy (non-hydrogen) atoms. The number of carbonyl (C=O) groups is 1. The van der Waals surface area contributed by atoms with E-state index in [1.807, 2.05) is 26.0 Å². The fraction of sp³-hybridized carbons (Fsp3) is 0.480. The molecule has 1 fully saturated rings. The molecule has 1 aliphatic rings. The summed E-state index contributed by atoms with van der Waals surface area (Å²) in [6, 6.07) is 10.5. The topological polar surface area (TPSA) is 60.9 Å². The first kappa shape index (κ1) is 29.5. The van der Waals surface area contributed by atoms with Gasteiger partial charge < -0.3 is 9.80 Å². The van der Waals surface area contributed by atoms with Crippen molar-refractivity contribution in [1.82, 2.24) is 14.1 Å². The molecule has 1 amide bonds. The predicted molar refractivity (Wildman–Crippen MR) is 149 cm³/mol. The lowest BCUT2D eigenvalue weighted by Crippen LogP contribution is -2.54. The van der Waals surface area contributed by atoms with E-state index in [0.717, 1.165) is 11.1 Å². The van der Waals surface area contributed by atoms with Crippen molar-refractivity contribution in [3.8, 4) is 0 Å². The summed E-state index contributed by atoms with van der Waals surface area (Å²) < 4.78 is 25.6. The lowest BCUT2D eigenvalue weighted by atomic mass is 9.77. The normalized spacial score (nSPS) is 19.2. The first-order chi connectivity index (χ1) is 16.7. The molecule has 198 valence electrons. The molecule has 0 spiro atoms. The number of piperazine rings is 1. The van der Waals surface area contributed by atoms with Crippen LogP contribution in [-0.2, 0) is 26.8 Å². The molecule has 0 aromatic heterocycles. The van der Waals surface area contributed by atoms with E-state index in [0.29, 0.717) is 59.2 Å². The first-order valence-corrected chi connectivity index (χ1v) is 14.9. The highest BCUT2D eigenvalue weighted by molar-refractivity contribution is 7.88. The summed E-state index contributed by atoms with van der Waals surface area (Å²) in [6.07, 6.45) is 1.75. The van der Waals surface area contributed by atoms with Crippen molar-refractivity contribution in [3.05, 3.63) is 67.6 Å². The zero-order valence-electron chi connectivity index (χ0n) is 20.8. The molecule has 1 aliphatic heterocycles. The van der Waals surface area contributed by atoms with E-state index in [-0.39, 0.29) is 11.9 Å². The van der Waals surface area contributed by atoms with Crippen LogP contribution < -0.4 is 0 Å². The van der Waals surface area contributed by atoms with Crippen LogP contribution in [-0.4, -0.2) is 74.0 Å². The average Bonchev–Trinajstić information content (AvgIpc) is 2.80. The molecule has 0 radical (unpaired) electrons. The molecular formula is C25H31Cl4N3O3S. The molecule has 1 saturated heterocycles. The van der Waals surface area contributed by atoms with Gasteiger partial charge in [0.25, 0.3) is 0 Å². The van der Waals surface area contributed by atoms with E-state index >= 15 is 0 Å². The Morgan fingerprint density at radius 3 is 2.19 bits per heavy atom. The standard InChI is InChI=1S/C25H31Cl4N3O3S/c1-17-15-31(11-12-32(17)36(4,34)35)10-9-25(2,19-6-8-21(27)23(29)14-19)24(33)30(3)16-18-5-7-20(26)22(28)13-18/h5-8,13-14,17H,9-12,15-16H2,1-4H3/t17-,25?/m0/s1. The van der Waals surface area contributed by atoms with Gasteiger partial charge >= 0.3 is 0 Å². The number of hydrogen-bond acceptors (Lipinski definition) is 4. The maximum Gasteiger partial charge on any atom is 0.233 e. The number of likely N-dealkylation sites (N-methyl/N-ethyl adjacent to an activating group) is 1. The summed E-state index contributed by atoms with van der Waals surface area (Å²) in [4.78, 5) is 17.8. The second kappa shape index (κ2) is 11.8. The largest absolute Gasteiger partial charge is 0.341 e. The molecule has 11 heteroatoms. The van der Waals surface area contributed by atoms with Gasteiger partial charge in [0.05, 0.1) is 31.8 Å². The zero-order chi connectivity index (χ0) is 26.8. The highest BCUT2D eigenvalue weighted by Gasteiger charge is 2.39. The Kier molecular flexibility index (Phi) is 9.64.